The van der Waals surface area contributed by atoms with Crippen LogP contribution in [0, 0.1) is 11.8 Å². The van der Waals surface area contributed by atoms with Crippen LogP contribution in [0.4, 0.5) is 10.1 Å². The smallest absolute Gasteiger partial charge is 0.293 e. The maximum absolute atomic E-state index is 15.9. The van der Waals surface area contributed by atoms with Crippen LogP contribution in [-0.4, -0.2) is 15.9 Å². The van der Waals surface area contributed by atoms with E-state index in [0.717, 1.165) is 18.2 Å². The molecule has 2 aliphatic rings. The van der Waals surface area contributed by atoms with Gasteiger partial charge in [0.05, 0.1) is 11.9 Å². The lowest BCUT2D eigenvalue weighted by Crippen LogP contribution is -2.21. The molecule has 4 atom stereocenters. The number of aryl methyl sites for hydroxylation is 1. The number of carbonyl (C=O) groups is 1. The van der Waals surface area contributed by atoms with E-state index in [1.54, 1.807) is 19.2 Å². The summed E-state index contributed by atoms with van der Waals surface area (Å²) in [6.45, 7) is 7.66. The van der Waals surface area contributed by atoms with Crippen LogP contribution in [0.1, 0.15) is 123 Å². The van der Waals surface area contributed by atoms with Crippen LogP contribution < -0.4 is 5.32 Å². The zero-order valence-electron chi connectivity index (χ0n) is 25.7. The molecule has 5 nitrogen and oxygen atoms in total. The van der Waals surface area contributed by atoms with Crippen LogP contribution in [0.3, 0.4) is 0 Å². The number of anilines is 1. The van der Waals surface area contributed by atoms with Crippen molar-refractivity contribution in [3.05, 3.63) is 102 Å². The summed E-state index contributed by atoms with van der Waals surface area (Å²) < 4.78 is 21.8. The zero-order chi connectivity index (χ0) is 30.2. The highest BCUT2D eigenvalue weighted by Crippen LogP contribution is 2.40. The number of alkyl halides is 1. The Kier molecular flexibility index (Phi) is 10.3. The molecule has 1 amide bonds. The average molecular weight is 584 g/mol. The number of nitrogens with one attached hydrogen (secondary N) is 1. The van der Waals surface area contributed by atoms with E-state index in [0.29, 0.717) is 41.7 Å². The second-order valence-electron chi connectivity index (χ2n) is 12.5. The second-order valence-corrected chi connectivity index (χ2v) is 12.5. The lowest BCUT2D eigenvalue weighted by molar-refractivity contribution is 0.0989. The Balaban J connectivity index is 1.26. The van der Waals surface area contributed by atoms with Crippen molar-refractivity contribution in [1.82, 2.24) is 9.97 Å². The van der Waals surface area contributed by atoms with Gasteiger partial charge in [0.2, 0.25) is 5.76 Å². The number of rotatable bonds is 11. The van der Waals surface area contributed by atoms with E-state index in [1.165, 1.54) is 69.4 Å². The van der Waals surface area contributed by atoms with Crippen LogP contribution in [0.15, 0.2) is 77.9 Å². The van der Waals surface area contributed by atoms with Gasteiger partial charge in [-0.2, -0.15) is 0 Å². The number of allylic oxidation sites excluding steroid dienone is 3. The van der Waals surface area contributed by atoms with Crippen molar-refractivity contribution in [2.45, 2.75) is 102 Å². The van der Waals surface area contributed by atoms with E-state index < -0.39 is 11.6 Å². The monoisotopic (exact) mass is 583 g/mol. The number of oxazole rings is 1. The van der Waals surface area contributed by atoms with Crippen LogP contribution in [0.25, 0.3) is 0 Å². The Morgan fingerprint density at radius 1 is 1.09 bits per heavy atom. The summed E-state index contributed by atoms with van der Waals surface area (Å²) >= 11 is 0. The van der Waals surface area contributed by atoms with Crippen LogP contribution in [0.5, 0.6) is 0 Å². The fraction of sp³-hybridized carbons (Fsp3) is 0.486. The van der Waals surface area contributed by atoms with E-state index >= 15 is 4.39 Å². The minimum atomic E-state index is -2.10. The quantitative estimate of drug-likeness (QED) is 0.180. The van der Waals surface area contributed by atoms with Crippen LogP contribution in [-0.2, 0) is 12.1 Å². The molecule has 0 radical (unpaired) electrons. The number of pyridine rings is 1. The van der Waals surface area contributed by atoms with Gasteiger partial charge in [0.1, 0.15) is 5.69 Å². The number of halogens is 1. The first kappa shape index (κ1) is 30.9. The van der Waals surface area contributed by atoms with Crippen molar-refractivity contribution in [1.29, 1.82) is 0 Å². The Bertz CT molecular complexity index is 1380. The number of carbonyl (C=O) groups excluding carboxylic acids is 1. The molecule has 0 bridgehead atoms. The summed E-state index contributed by atoms with van der Waals surface area (Å²) in [6.07, 6.45) is 18.2. The van der Waals surface area contributed by atoms with Crippen molar-refractivity contribution >= 4 is 11.6 Å². The van der Waals surface area contributed by atoms with Crippen molar-refractivity contribution in [2.24, 2.45) is 11.8 Å². The van der Waals surface area contributed by atoms with E-state index in [1.807, 2.05) is 12.1 Å². The van der Waals surface area contributed by atoms with Gasteiger partial charge >= 0.3 is 0 Å². The Hall–Kier alpha value is -3.54. The summed E-state index contributed by atoms with van der Waals surface area (Å²) in [4.78, 5) is 22.6. The van der Waals surface area contributed by atoms with Crippen LogP contribution >= 0.6 is 0 Å². The number of hydrogen-bond acceptors (Lipinski definition) is 4. The number of amides is 1. The predicted molar refractivity (Wildman–Crippen MR) is 171 cm³/mol. The van der Waals surface area contributed by atoms with Gasteiger partial charge in [-0.25, -0.2) is 9.37 Å². The van der Waals surface area contributed by atoms with E-state index in [-0.39, 0.29) is 11.5 Å². The number of benzene rings is 1. The number of hydrogen-bond donors (Lipinski definition) is 1. The summed E-state index contributed by atoms with van der Waals surface area (Å²) in [6, 6.07) is 14.7. The molecule has 228 valence electrons. The molecule has 2 fully saturated rings. The molecule has 4 unspecified atom stereocenters. The van der Waals surface area contributed by atoms with Gasteiger partial charge < -0.3 is 9.73 Å². The van der Waals surface area contributed by atoms with E-state index in [2.05, 4.69) is 54.1 Å². The summed E-state index contributed by atoms with van der Waals surface area (Å²) in [7, 11) is 0. The third-order valence-corrected chi connectivity index (χ3v) is 9.69. The molecule has 2 saturated carbocycles. The third-order valence-electron chi connectivity index (χ3n) is 9.69. The Morgan fingerprint density at radius 3 is 2.58 bits per heavy atom. The van der Waals surface area contributed by atoms with E-state index in [9.17, 15) is 4.79 Å². The minimum absolute atomic E-state index is 0.0557. The maximum atomic E-state index is 15.9. The molecule has 0 spiro atoms. The molecule has 0 aliphatic heterocycles. The number of nitrogens with zero attached hydrogens (tertiary/aromatic N) is 2. The van der Waals surface area contributed by atoms with Crippen LogP contribution in [0.2, 0.25) is 0 Å². The Morgan fingerprint density at radius 2 is 1.88 bits per heavy atom. The van der Waals surface area contributed by atoms with Gasteiger partial charge in [-0.05, 0) is 86.6 Å². The second kappa shape index (κ2) is 14.3. The minimum Gasteiger partial charge on any atom is -0.435 e. The molecule has 0 saturated heterocycles. The van der Waals surface area contributed by atoms with E-state index in [4.69, 9.17) is 9.40 Å². The molecule has 6 heteroatoms. The summed E-state index contributed by atoms with van der Waals surface area (Å²) in [5, 5.41) is 2.87. The maximum Gasteiger partial charge on any atom is 0.293 e. The van der Waals surface area contributed by atoms with Crippen molar-refractivity contribution in [2.75, 3.05) is 5.32 Å². The summed E-state index contributed by atoms with van der Waals surface area (Å²) in [5.41, 5.74) is 0.855. The van der Waals surface area contributed by atoms with Gasteiger partial charge in [-0.15, -0.1) is 0 Å². The predicted octanol–water partition coefficient (Wildman–Crippen LogP) is 9.84. The van der Waals surface area contributed by atoms with Gasteiger partial charge in [0.15, 0.2) is 11.6 Å². The third kappa shape index (κ3) is 7.52. The molecular weight excluding hydrogens is 537 g/mol. The first-order valence-corrected chi connectivity index (χ1v) is 16.2. The molecular formula is C37H46FN3O2. The lowest BCUT2D eigenvalue weighted by atomic mass is 9.84. The Labute approximate surface area is 256 Å². The molecule has 1 N–H and O–H groups in total. The molecule has 5 rings (SSSR count). The standard InChI is InChI=1S/C37H46FN3O2/c1-4-24-37(38,5-2)35-34(43-33(41-35)23-18-27-12-9-10-13-27)36(42)40-31-21-22-32(39-25-31)26(3)28-16-11-17-30(20-19-28)29-14-7-6-8-15-29/h4-8,14-15,21-22,24-28,30H,2,9-13,16-20,23H2,1,3H3,(H,40,42). The lowest BCUT2D eigenvalue weighted by Gasteiger charge is -2.22. The SMILES string of the molecule is C=CC(F)(C=CC)c1nc(CCC2CCCC2)oc1C(=O)Nc1ccc(C(C)C2CCCC(c3ccccc3)CC2)nc1. The zero-order valence-corrected chi connectivity index (χ0v) is 25.7. The van der Waals surface area contributed by atoms with Crippen molar-refractivity contribution in [3.8, 4) is 0 Å². The largest absolute Gasteiger partial charge is 0.435 e. The molecule has 43 heavy (non-hydrogen) atoms. The summed E-state index contributed by atoms with van der Waals surface area (Å²) in [5.74, 6) is 1.89. The fourth-order valence-corrected chi connectivity index (χ4v) is 7.06. The average Bonchev–Trinajstić information content (AvgIpc) is 3.65. The molecule has 2 heterocycles. The van der Waals surface area contributed by atoms with Gasteiger partial charge in [0.25, 0.3) is 5.91 Å². The fourth-order valence-electron chi connectivity index (χ4n) is 7.06. The highest BCUT2D eigenvalue weighted by Gasteiger charge is 2.36. The topological polar surface area (TPSA) is 68.0 Å². The van der Waals surface area contributed by atoms with Gasteiger partial charge in [0, 0.05) is 18.0 Å². The van der Waals surface area contributed by atoms with Crippen molar-refractivity contribution < 1.29 is 13.6 Å². The normalized spacial score (nSPS) is 21.7. The highest BCUT2D eigenvalue weighted by atomic mass is 19.1. The van der Waals surface area contributed by atoms with Crippen molar-refractivity contribution in [3.63, 3.8) is 0 Å². The van der Waals surface area contributed by atoms with Gasteiger partial charge in [-0.1, -0.05) is 82.0 Å². The molecule has 2 aromatic heterocycles. The molecule has 1 aromatic carbocycles. The molecule has 2 aliphatic carbocycles. The molecule has 3 aromatic rings. The number of aromatic nitrogens is 2. The first-order valence-electron chi connectivity index (χ1n) is 16.2. The highest BCUT2D eigenvalue weighted by molar-refractivity contribution is 6.03. The van der Waals surface area contributed by atoms with Gasteiger partial charge in [-0.3, -0.25) is 9.78 Å². The first-order chi connectivity index (χ1) is 20.9.